The van der Waals surface area contributed by atoms with Crippen molar-refractivity contribution in [3.8, 4) is 11.4 Å². The van der Waals surface area contributed by atoms with Crippen LogP contribution in [0.1, 0.15) is 32.3 Å². The van der Waals surface area contributed by atoms with Gasteiger partial charge in [-0.1, -0.05) is 11.6 Å². The van der Waals surface area contributed by atoms with Crippen molar-refractivity contribution in [2.24, 2.45) is 0 Å². The lowest BCUT2D eigenvalue weighted by Gasteiger charge is -2.36. The minimum absolute atomic E-state index is 0.379. The lowest BCUT2D eigenvalue weighted by atomic mass is 10.0. The number of likely N-dealkylation sites (tertiary alicyclic amines) is 1. The van der Waals surface area contributed by atoms with Crippen molar-refractivity contribution in [1.82, 2.24) is 34.7 Å². The zero-order valence-corrected chi connectivity index (χ0v) is 23.4. The predicted octanol–water partition coefficient (Wildman–Crippen LogP) is 4.68. The van der Waals surface area contributed by atoms with Crippen LogP contribution in [0.4, 0.5) is 11.4 Å². The molecule has 2 saturated heterocycles. The highest BCUT2D eigenvalue weighted by atomic mass is 35.5. The Morgan fingerprint density at radius 1 is 0.974 bits per heavy atom. The molecule has 0 aliphatic carbocycles. The van der Waals surface area contributed by atoms with Crippen molar-refractivity contribution >= 4 is 34.1 Å². The molecule has 2 fully saturated rings. The monoisotopic (exact) mass is 545 g/mol. The van der Waals surface area contributed by atoms with Crippen LogP contribution < -0.4 is 10.2 Å². The van der Waals surface area contributed by atoms with Gasteiger partial charge in [0, 0.05) is 87.1 Å². The average molecular weight is 546 g/mol. The van der Waals surface area contributed by atoms with Crippen molar-refractivity contribution in [3.63, 3.8) is 0 Å². The third kappa shape index (κ3) is 5.85. The van der Waals surface area contributed by atoms with Gasteiger partial charge in [-0.2, -0.15) is 0 Å². The Labute approximate surface area is 234 Å². The number of nitrogens with zero attached hydrogens (tertiary/aromatic N) is 7. The third-order valence-corrected chi connectivity index (χ3v) is 8.26. The van der Waals surface area contributed by atoms with E-state index in [4.69, 9.17) is 16.6 Å². The molecular formula is C29H36ClN9. The van der Waals surface area contributed by atoms with Crippen LogP contribution in [0.25, 0.3) is 22.6 Å². The Morgan fingerprint density at radius 3 is 2.38 bits per heavy atom. The molecule has 9 nitrogen and oxygen atoms in total. The second-order valence-corrected chi connectivity index (χ2v) is 11.3. The van der Waals surface area contributed by atoms with Crippen LogP contribution >= 0.6 is 11.6 Å². The molecule has 0 amide bonds. The summed E-state index contributed by atoms with van der Waals surface area (Å²) in [5, 5.41) is 4.30. The molecule has 0 spiro atoms. The molecule has 204 valence electrons. The van der Waals surface area contributed by atoms with Gasteiger partial charge in [-0.15, -0.1) is 0 Å². The summed E-state index contributed by atoms with van der Waals surface area (Å²) in [4.78, 5) is 28.6. The third-order valence-electron chi connectivity index (χ3n) is 7.97. The van der Waals surface area contributed by atoms with Crippen molar-refractivity contribution in [2.75, 3.05) is 49.5 Å². The quantitative estimate of drug-likeness (QED) is 0.346. The van der Waals surface area contributed by atoms with Gasteiger partial charge in [0.25, 0.3) is 0 Å². The number of anilines is 2. The summed E-state index contributed by atoms with van der Waals surface area (Å²) in [7, 11) is 0. The molecule has 6 rings (SSSR count). The Morgan fingerprint density at radius 2 is 1.69 bits per heavy atom. The number of aromatic nitrogens is 5. The highest BCUT2D eigenvalue weighted by molar-refractivity contribution is 6.34. The van der Waals surface area contributed by atoms with Gasteiger partial charge in [-0.3, -0.25) is 4.90 Å². The number of hydrogen-bond acceptors (Lipinski definition) is 8. The molecule has 1 aromatic carbocycles. The van der Waals surface area contributed by atoms with E-state index in [-0.39, 0.29) is 0 Å². The van der Waals surface area contributed by atoms with Gasteiger partial charge in [0.1, 0.15) is 17.7 Å². The topological polar surface area (TPSA) is 89.1 Å². The Hall–Kier alpha value is -3.27. The number of piperazine rings is 1. The maximum Gasteiger partial charge on any atom is 0.159 e. The van der Waals surface area contributed by atoms with Gasteiger partial charge in [0.15, 0.2) is 5.65 Å². The number of rotatable bonds is 7. The van der Waals surface area contributed by atoms with Crippen LogP contribution in [0.3, 0.4) is 0 Å². The van der Waals surface area contributed by atoms with Gasteiger partial charge < -0.3 is 20.1 Å². The minimum Gasteiger partial charge on any atom is -0.379 e. The lowest BCUT2D eigenvalue weighted by molar-refractivity contribution is 0.177. The fourth-order valence-corrected chi connectivity index (χ4v) is 5.83. The van der Waals surface area contributed by atoms with Gasteiger partial charge in [-0.25, -0.2) is 19.9 Å². The zero-order valence-electron chi connectivity index (χ0n) is 22.6. The van der Waals surface area contributed by atoms with Crippen LogP contribution in [0.2, 0.25) is 5.02 Å². The van der Waals surface area contributed by atoms with Crippen molar-refractivity contribution in [3.05, 3.63) is 59.8 Å². The summed E-state index contributed by atoms with van der Waals surface area (Å²) in [6, 6.07) is 9.61. The van der Waals surface area contributed by atoms with E-state index in [1.54, 1.807) is 12.5 Å². The number of fused-ring (bicyclic) bond motifs is 1. The molecule has 0 saturated carbocycles. The van der Waals surface area contributed by atoms with Gasteiger partial charge in [0.05, 0.1) is 16.9 Å². The summed E-state index contributed by atoms with van der Waals surface area (Å²) < 4.78 is 0. The lowest BCUT2D eigenvalue weighted by Crippen LogP contribution is -2.45. The molecule has 2 N–H and O–H groups in total. The van der Waals surface area contributed by atoms with E-state index in [0.29, 0.717) is 17.1 Å². The Kier molecular flexibility index (Phi) is 7.63. The largest absolute Gasteiger partial charge is 0.379 e. The van der Waals surface area contributed by atoms with E-state index in [0.717, 1.165) is 92.5 Å². The number of halogens is 1. The summed E-state index contributed by atoms with van der Waals surface area (Å²) in [6.07, 6.45) is 9.27. The summed E-state index contributed by atoms with van der Waals surface area (Å²) in [5.74, 6) is 0.805. The number of nitrogens with one attached hydrogen (secondary N) is 2. The summed E-state index contributed by atoms with van der Waals surface area (Å²) in [6.45, 7) is 11.6. The predicted molar refractivity (Wildman–Crippen MR) is 157 cm³/mol. The van der Waals surface area contributed by atoms with Crippen LogP contribution in [-0.2, 0) is 6.54 Å². The average Bonchev–Trinajstić information content (AvgIpc) is 3.41. The first-order valence-corrected chi connectivity index (χ1v) is 14.3. The molecule has 4 aromatic rings. The molecule has 0 bridgehead atoms. The number of pyridine rings is 1. The van der Waals surface area contributed by atoms with Gasteiger partial charge in [0.2, 0.25) is 0 Å². The van der Waals surface area contributed by atoms with Crippen molar-refractivity contribution < 1.29 is 0 Å². The number of aromatic amines is 1. The van der Waals surface area contributed by atoms with E-state index >= 15 is 0 Å². The first kappa shape index (κ1) is 26.0. The van der Waals surface area contributed by atoms with Gasteiger partial charge in [-0.05, 0) is 51.0 Å². The second-order valence-electron chi connectivity index (χ2n) is 10.9. The molecule has 3 aromatic heterocycles. The van der Waals surface area contributed by atoms with Gasteiger partial charge >= 0.3 is 0 Å². The van der Waals surface area contributed by atoms with Crippen LogP contribution in [0.5, 0.6) is 0 Å². The van der Waals surface area contributed by atoms with E-state index in [1.807, 2.05) is 12.4 Å². The maximum atomic E-state index is 6.61. The molecule has 2 aliphatic heterocycles. The number of H-pyrrole nitrogens is 1. The van der Waals surface area contributed by atoms with Crippen LogP contribution in [0.15, 0.2) is 49.2 Å². The van der Waals surface area contributed by atoms with E-state index in [1.165, 1.54) is 5.69 Å². The van der Waals surface area contributed by atoms with Crippen LogP contribution in [0, 0.1) is 0 Å². The fraction of sp³-hybridized carbons (Fsp3) is 0.448. The fourth-order valence-electron chi connectivity index (χ4n) is 5.63. The zero-order chi connectivity index (χ0) is 26.8. The number of hydrogen-bond donors (Lipinski definition) is 2. The highest BCUT2D eigenvalue weighted by Crippen LogP contribution is 2.33. The van der Waals surface area contributed by atoms with E-state index in [9.17, 15) is 0 Å². The molecule has 10 heteroatoms. The number of benzene rings is 1. The molecule has 5 heterocycles. The first-order chi connectivity index (χ1) is 19.0. The Balaban J connectivity index is 1.12. The number of imidazole rings is 1. The molecular weight excluding hydrogens is 510 g/mol. The smallest absolute Gasteiger partial charge is 0.159 e. The normalized spacial score (nSPS) is 17.8. The van der Waals surface area contributed by atoms with E-state index < -0.39 is 0 Å². The van der Waals surface area contributed by atoms with E-state index in [2.05, 4.69) is 78.1 Å². The molecule has 0 atom stereocenters. The maximum absolute atomic E-state index is 6.61. The summed E-state index contributed by atoms with van der Waals surface area (Å²) >= 11 is 6.61. The first-order valence-electron chi connectivity index (χ1n) is 13.9. The summed E-state index contributed by atoms with van der Waals surface area (Å²) in [5.41, 5.74) is 5.85. The molecule has 0 radical (unpaired) electrons. The Bertz CT molecular complexity index is 1370. The minimum atomic E-state index is 0.379. The van der Waals surface area contributed by atoms with Crippen LogP contribution in [-0.4, -0.2) is 86.1 Å². The molecule has 0 unspecified atom stereocenters. The van der Waals surface area contributed by atoms with Crippen molar-refractivity contribution in [1.29, 1.82) is 0 Å². The standard InChI is InChI=1S/C29H36ClN9/c1-20(2)38-9-7-23(8-10-38)34-26-25(30)17-33-29-27(26)35-28(36-29)22-3-5-24(6-4-22)39-13-11-37(12-14-39)18-21-15-31-19-32-16-21/h3-6,15-17,19-20,23H,7-14,18H2,1-2H3,(H2,33,34,35,36). The number of piperidine rings is 1. The molecule has 2 aliphatic rings. The highest BCUT2D eigenvalue weighted by Gasteiger charge is 2.23. The van der Waals surface area contributed by atoms with Crippen molar-refractivity contribution in [2.45, 2.75) is 45.3 Å². The second kappa shape index (κ2) is 11.5. The molecule has 39 heavy (non-hydrogen) atoms. The SMILES string of the molecule is CC(C)N1CCC(Nc2c(Cl)cnc3[nH]c(-c4ccc(N5CCN(Cc6cncnc6)CC5)cc4)nc23)CC1.